The summed E-state index contributed by atoms with van der Waals surface area (Å²) in [5, 5.41) is 10.9. The lowest BCUT2D eigenvalue weighted by Gasteiger charge is -2.33. The van der Waals surface area contributed by atoms with Crippen molar-refractivity contribution in [2.75, 3.05) is 11.4 Å². The van der Waals surface area contributed by atoms with Gasteiger partial charge in [-0.1, -0.05) is 6.07 Å². The van der Waals surface area contributed by atoms with E-state index in [9.17, 15) is 14.5 Å². The average molecular weight is 238 g/mol. The van der Waals surface area contributed by atoms with Crippen molar-refractivity contribution in [3.8, 4) is 0 Å². The smallest absolute Gasteiger partial charge is 0.327 e. The summed E-state index contributed by atoms with van der Waals surface area (Å²) in [4.78, 5) is 12.2. The van der Waals surface area contributed by atoms with Crippen LogP contribution in [0, 0.1) is 15.9 Å². The first-order valence-corrected chi connectivity index (χ1v) is 5.64. The summed E-state index contributed by atoms with van der Waals surface area (Å²) in [6.07, 6.45) is 1.93. The van der Waals surface area contributed by atoms with E-state index in [2.05, 4.69) is 0 Å². The van der Waals surface area contributed by atoms with Gasteiger partial charge in [-0.15, -0.1) is 0 Å². The minimum Gasteiger partial charge on any atom is -0.361 e. The molecule has 0 spiro atoms. The molecule has 2 rings (SSSR count). The molecule has 4 nitrogen and oxygen atoms in total. The summed E-state index contributed by atoms with van der Waals surface area (Å²) in [5.74, 6) is -0.768. The van der Waals surface area contributed by atoms with Crippen LogP contribution in [0.3, 0.4) is 0 Å². The highest BCUT2D eigenvalue weighted by Crippen LogP contribution is 2.39. The van der Waals surface area contributed by atoms with Crippen LogP contribution in [0.1, 0.15) is 26.7 Å². The maximum Gasteiger partial charge on any atom is 0.327 e. The molecule has 5 heteroatoms. The number of para-hydroxylation sites is 1. The van der Waals surface area contributed by atoms with E-state index in [0.29, 0.717) is 5.69 Å². The summed E-state index contributed by atoms with van der Waals surface area (Å²) in [5.41, 5.74) is -0.182. The van der Waals surface area contributed by atoms with Crippen LogP contribution in [-0.4, -0.2) is 17.0 Å². The standard InChI is InChI=1S/C12H15FN2O2/c1-12(2)7-4-8-14(12)10-6-3-5-9(13)11(10)15(16)17/h3,5-6H,4,7-8H2,1-2H3. The van der Waals surface area contributed by atoms with Gasteiger partial charge in [0.1, 0.15) is 5.69 Å². The van der Waals surface area contributed by atoms with Gasteiger partial charge in [-0.05, 0) is 38.8 Å². The Kier molecular flexibility index (Phi) is 2.77. The molecule has 1 aromatic carbocycles. The fourth-order valence-corrected chi connectivity index (χ4v) is 2.46. The van der Waals surface area contributed by atoms with E-state index < -0.39 is 16.4 Å². The van der Waals surface area contributed by atoms with Gasteiger partial charge >= 0.3 is 5.69 Å². The quantitative estimate of drug-likeness (QED) is 0.587. The molecule has 0 radical (unpaired) electrons. The van der Waals surface area contributed by atoms with Crippen molar-refractivity contribution < 1.29 is 9.31 Å². The summed E-state index contributed by atoms with van der Waals surface area (Å²) >= 11 is 0. The second kappa shape index (κ2) is 3.98. The maximum absolute atomic E-state index is 13.5. The molecule has 0 atom stereocenters. The van der Waals surface area contributed by atoms with Gasteiger partial charge in [0.2, 0.25) is 5.82 Å². The van der Waals surface area contributed by atoms with E-state index in [0.717, 1.165) is 25.5 Å². The molecule has 0 bridgehead atoms. The van der Waals surface area contributed by atoms with E-state index in [1.807, 2.05) is 18.7 Å². The molecule has 1 heterocycles. The summed E-state index contributed by atoms with van der Waals surface area (Å²) in [6.45, 7) is 4.78. The summed E-state index contributed by atoms with van der Waals surface area (Å²) in [6, 6.07) is 4.27. The SMILES string of the molecule is CC1(C)CCCN1c1cccc(F)c1[N+](=O)[O-]. The summed E-state index contributed by atoms with van der Waals surface area (Å²) < 4.78 is 13.5. The molecule has 1 fully saturated rings. The lowest BCUT2D eigenvalue weighted by molar-refractivity contribution is -0.386. The van der Waals surface area contributed by atoms with Gasteiger partial charge < -0.3 is 4.90 Å². The second-order valence-electron chi connectivity index (χ2n) is 4.93. The number of hydrogen-bond donors (Lipinski definition) is 0. The highest BCUT2D eigenvalue weighted by atomic mass is 19.1. The fourth-order valence-electron chi connectivity index (χ4n) is 2.46. The van der Waals surface area contributed by atoms with Crippen molar-refractivity contribution in [1.29, 1.82) is 0 Å². The molecule has 17 heavy (non-hydrogen) atoms. The Hall–Kier alpha value is -1.65. The Morgan fingerprint density at radius 3 is 2.71 bits per heavy atom. The van der Waals surface area contributed by atoms with Crippen molar-refractivity contribution in [1.82, 2.24) is 0 Å². The van der Waals surface area contributed by atoms with Crippen LogP contribution < -0.4 is 4.90 Å². The molecule has 0 unspecified atom stereocenters. The van der Waals surface area contributed by atoms with E-state index >= 15 is 0 Å². The molecule has 1 aromatic rings. The first-order valence-electron chi connectivity index (χ1n) is 5.64. The molecule has 0 aliphatic carbocycles. The minimum atomic E-state index is -0.768. The Labute approximate surface area is 99.2 Å². The van der Waals surface area contributed by atoms with Gasteiger partial charge in [-0.25, -0.2) is 0 Å². The molecule has 0 amide bonds. The van der Waals surface area contributed by atoms with Crippen molar-refractivity contribution in [2.24, 2.45) is 0 Å². The van der Waals surface area contributed by atoms with E-state index in [1.165, 1.54) is 6.07 Å². The Bertz CT molecular complexity index is 460. The number of halogens is 1. The molecule has 1 aliphatic heterocycles. The zero-order chi connectivity index (χ0) is 12.6. The van der Waals surface area contributed by atoms with Gasteiger partial charge in [0.05, 0.1) is 4.92 Å². The first kappa shape index (κ1) is 11.8. The molecule has 92 valence electrons. The van der Waals surface area contributed by atoms with Gasteiger partial charge in [0.25, 0.3) is 0 Å². The summed E-state index contributed by atoms with van der Waals surface area (Å²) in [7, 11) is 0. The normalized spacial score (nSPS) is 18.4. The third kappa shape index (κ3) is 1.97. The molecule has 0 N–H and O–H groups in total. The van der Waals surface area contributed by atoms with Crippen LogP contribution in [0.4, 0.5) is 15.8 Å². The number of nitro benzene ring substituents is 1. The number of hydrogen-bond acceptors (Lipinski definition) is 3. The molecular weight excluding hydrogens is 223 g/mol. The third-order valence-electron chi connectivity index (χ3n) is 3.34. The van der Waals surface area contributed by atoms with E-state index in [1.54, 1.807) is 6.07 Å². The number of rotatable bonds is 2. The highest BCUT2D eigenvalue weighted by Gasteiger charge is 2.36. The predicted octanol–water partition coefficient (Wildman–Crippen LogP) is 3.11. The van der Waals surface area contributed by atoms with E-state index in [4.69, 9.17) is 0 Å². The maximum atomic E-state index is 13.5. The van der Waals surface area contributed by atoms with Crippen LogP contribution in [0.15, 0.2) is 18.2 Å². The van der Waals surface area contributed by atoms with Crippen molar-refractivity contribution in [2.45, 2.75) is 32.2 Å². The van der Waals surface area contributed by atoms with Crippen LogP contribution >= 0.6 is 0 Å². The first-order chi connectivity index (χ1) is 7.93. The van der Waals surface area contributed by atoms with Crippen molar-refractivity contribution >= 4 is 11.4 Å². The van der Waals surface area contributed by atoms with Gasteiger partial charge in [-0.3, -0.25) is 10.1 Å². The largest absolute Gasteiger partial charge is 0.361 e. The van der Waals surface area contributed by atoms with Crippen LogP contribution in [0.25, 0.3) is 0 Å². The minimum absolute atomic E-state index is 0.154. The number of nitrogens with zero attached hydrogens (tertiary/aromatic N) is 2. The lowest BCUT2D eigenvalue weighted by atomic mass is 10.0. The van der Waals surface area contributed by atoms with Crippen LogP contribution in [0.5, 0.6) is 0 Å². The van der Waals surface area contributed by atoms with Crippen LogP contribution in [-0.2, 0) is 0 Å². The van der Waals surface area contributed by atoms with Crippen molar-refractivity contribution in [3.05, 3.63) is 34.1 Å². The molecule has 0 aromatic heterocycles. The zero-order valence-electron chi connectivity index (χ0n) is 9.94. The zero-order valence-corrected chi connectivity index (χ0v) is 9.94. The van der Waals surface area contributed by atoms with E-state index in [-0.39, 0.29) is 5.54 Å². The highest BCUT2D eigenvalue weighted by molar-refractivity contribution is 5.65. The van der Waals surface area contributed by atoms with Gasteiger partial charge in [-0.2, -0.15) is 4.39 Å². The number of anilines is 1. The van der Waals surface area contributed by atoms with Gasteiger partial charge in [0, 0.05) is 12.1 Å². The Balaban J connectivity index is 2.52. The molecule has 0 saturated carbocycles. The molecule has 1 saturated heterocycles. The number of nitro groups is 1. The monoisotopic (exact) mass is 238 g/mol. The second-order valence-corrected chi connectivity index (χ2v) is 4.93. The topological polar surface area (TPSA) is 46.4 Å². The Morgan fingerprint density at radius 1 is 1.47 bits per heavy atom. The fraction of sp³-hybridized carbons (Fsp3) is 0.500. The van der Waals surface area contributed by atoms with Gasteiger partial charge in [0.15, 0.2) is 0 Å². The third-order valence-corrected chi connectivity index (χ3v) is 3.34. The lowest BCUT2D eigenvalue weighted by Crippen LogP contribution is -2.38. The Morgan fingerprint density at radius 2 is 2.18 bits per heavy atom. The van der Waals surface area contributed by atoms with Crippen molar-refractivity contribution in [3.63, 3.8) is 0 Å². The molecule has 1 aliphatic rings. The molecular formula is C12H15FN2O2. The average Bonchev–Trinajstić information content (AvgIpc) is 2.57. The van der Waals surface area contributed by atoms with Crippen LogP contribution in [0.2, 0.25) is 0 Å². The number of benzene rings is 1. The predicted molar refractivity (Wildman–Crippen MR) is 63.7 cm³/mol.